The topological polar surface area (TPSA) is 86.7 Å². The van der Waals surface area contributed by atoms with E-state index in [1.807, 2.05) is 35.2 Å². The van der Waals surface area contributed by atoms with Crippen molar-refractivity contribution in [2.45, 2.75) is 17.1 Å². The smallest absolute Gasteiger partial charge is 0.252 e. The predicted octanol–water partition coefficient (Wildman–Crippen LogP) is 2.95. The van der Waals surface area contributed by atoms with Crippen LogP contribution in [0.15, 0.2) is 65.3 Å². The molecule has 0 atom stereocenters. The van der Waals surface area contributed by atoms with E-state index in [-0.39, 0.29) is 11.8 Å². The molecule has 0 aliphatic carbocycles. The minimum absolute atomic E-state index is 0.000490. The van der Waals surface area contributed by atoms with E-state index in [9.17, 15) is 13.2 Å². The van der Waals surface area contributed by atoms with Crippen LogP contribution in [0.25, 0.3) is 10.6 Å². The van der Waals surface area contributed by atoms with E-state index in [4.69, 9.17) is 0 Å². The minimum atomic E-state index is -3.59. The standard InChI is InChI=1S/C24H27N5O3S2/c30-24(19-8-13-27(14-9-19)20-6-11-25-12-7-20)28-15-17-29(18-16-28)34(31,32)23-5-4-22(33-23)21-3-1-2-10-26-21/h1-7,10-12,19H,8-9,13-18H2. The lowest BCUT2D eigenvalue weighted by Gasteiger charge is -2.38. The third-order valence-electron chi connectivity index (χ3n) is 6.52. The Balaban J connectivity index is 1.16. The van der Waals surface area contributed by atoms with Crippen molar-refractivity contribution >= 4 is 33.0 Å². The number of nitrogens with zero attached hydrogens (tertiary/aromatic N) is 5. The SMILES string of the molecule is O=C(C1CCN(c2ccncc2)CC1)N1CCN(S(=O)(=O)c2ccc(-c3ccccn3)s2)CC1. The Kier molecular flexibility index (Phi) is 6.62. The summed E-state index contributed by atoms with van der Waals surface area (Å²) in [5.41, 5.74) is 1.90. The van der Waals surface area contributed by atoms with Gasteiger partial charge in [0.1, 0.15) is 4.21 Å². The Morgan fingerprint density at radius 1 is 0.882 bits per heavy atom. The van der Waals surface area contributed by atoms with Gasteiger partial charge in [0.05, 0.1) is 10.6 Å². The average molecular weight is 498 g/mol. The Morgan fingerprint density at radius 3 is 2.29 bits per heavy atom. The van der Waals surface area contributed by atoms with Crippen molar-refractivity contribution < 1.29 is 13.2 Å². The monoisotopic (exact) mass is 497 g/mol. The van der Waals surface area contributed by atoms with Crippen LogP contribution >= 0.6 is 11.3 Å². The Labute approximate surface area is 203 Å². The van der Waals surface area contributed by atoms with E-state index >= 15 is 0 Å². The molecular weight excluding hydrogens is 470 g/mol. The van der Waals surface area contributed by atoms with Crippen LogP contribution in [0.4, 0.5) is 5.69 Å². The molecule has 178 valence electrons. The summed E-state index contributed by atoms with van der Waals surface area (Å²) in [4.78, 5) is 26.4. The van der Waals surface area contributed by atoms with Crippen LogP contribution in [0.3, 0.4) is 0 Å². The zero-order valence-electron chi connectivity index (χ0n) is 18.8. The maximum atomic E-state index is 13.2. The number of thiophene rings is 1. The Bertz CT molecular complexity index is 1220. The van der Waals surface area contributed by atoms with Gasteiger partial charge in [0, 0.05) is 69.5 Å². The maximum absolute atomic E-state index is 13.2. The van der Waals surface area contributed by atoms with Crippen LogP contribution in [0.1, 0.15) is 12.8 Å². The van der Waals surface area contributed by atoms with Gasteiger partial charge in [0.15, 0.2) is 0 Å². The number of pyridine rings is 2. The molecule has 5 heterocycles. The predicted molar refractivity (Wildman–Crippen MR) is 132 cm³/mol. The maximum Gasteiger partial charge on any atom is 0.252 e. The number of piperazine rings is 1. The molecule has 10 heteroatoms. The van der Waals surface area contributed by atoms with Crippen LogP contribution in [-0.2, 0) is 14.8 Å². The molecule has 1 amide bonds. The highest BCUT2D eigenvalue weighted by Crippen LogP contribution is 2.32. The number of aromatic nitrogens is 2. The molecule has 2 aliphatic heterocycles. The fourth-order valence-corrected chi connectivity index (χ4v) is 7.44. The third kappa shape index (κ3) is 4.70. The first kappa shape index (κ1) is 22.9. The first-order valence-electron chi connectivity index (χ1n) is 11.5. The first-order chi connectivity index (χ1) is 16.5. The lowest BCUT2D eigenvalue weighted by molar-refractivity contribution is -0.137. The number of hydrogen-bond acceptors (Lipinski definition) is 7. The zero-order chi connectivity index (χ0) is 23.5. The molecule has 0 bridgehead atoms. The normalized spacial score (nSPS) is 18.2. The third-order valence-corrected chi connectivity index (χ3v) is 9.99. The van der Waals surface area contributed by atoms with E-state index in [2.05, 4.69) is 14.9 Å². The number of amides is 1. The fraction of sp³-hybridized carbons (Fsp3) is 0.375. The summed E-state index contributed by atoms with van der Waals surface area (Å²) < 4.78 is 28.2. The molecule has 34 heavy (non-hydrogen) atoms. The van der Waals surface area contributed by atoms with Crippen LogP contribution in [-0.4, -0.2) is 72.8 Å². The van der Waals surface area contributed by atoms with Crippen molar-refractivity contribution in [3.05, 3.63) is 61.1 Å². The molecule has 0 unspecified atom stereocenters. The van der Waals surface area contributed by atoms with Gasteiger partial charge in [-0.25, -0.2) is 8.42 Å². The molecular formula is C24H27N5O3S2. The highest BCUT2D eigenvalue weighted by Gasteiger charge is 2.34. The number of carbonyl (C=O) groups is 1. The van der Waals surface area contributed by atoms with Gasteiger partial charge >= 0.3 is 0 Å². The number of sulfonamides is 1. The highest BCUT2D eigenvalue weighted by molar-refractivity contribution is 7.91. The van der Waals surface area contributed by atoms with Gasteiger partial charge in [-0.2, -0.15) is 4.31 Å². The number of anilines is 1. The van der Waals surface area contributed by atoms with Gasteiger partial charge in [0.25, 0.3) is 10.0 Å². The summed E-state index contributed by atoms with van der Waals surface area (Å²) in [5.74, 6) is 0.152. The molecule has 0 spiro atoms. The second kappa shape index (κ2) is 9.81. The van der Waals surface area contributed by atoms with Gasteiger partial charge in [-0.1, -0.05) is 6.07 Å². The molecule has 3 aromatic rings. The van der Waals surface area contributed by atoms with Crippen molar-refractivity contribution in [2.75, 3.05) is 44.2 Å². The number of hydrogen-bond donors (Lipinski definition) is 0. The summed E-state index contributed by atoms with van der Waals surface area (Å²) in [6, 6.07) is 13.0. The van der Waals surface area contributed by atoms with Crippen LogP contribution in [0.2, 0.25) is 0 Å². The Morgan fingerprint density at radius 2 is 1.62 bits per heavy atom. The van der Waals surface area contributed by atoms with Gasteiger partial charge in [-0.05, 0) is 49.2 Å². The van der Waals surface area contributed by atoms with Crippen molar-refractivity contribution in [1.82, 2.24) is 19.2 Å². The quantitative estimate of drug-likeness (QED) is 0.539. The lowest BCUT2D eigenvalue weighted by atomic mass is 9.94. The average Bonchev–Trinajstić information content (AvgIpc) is 3.41. The largest absolute Gasteiger partial charge is 0.371 e. The summed E-state index contributed by atoms with van der Waals surface area (Å²) >= 11 is 1.23. The second-order valence-electron chi connectivity index (χ2n) is 8.53. The van der Waals surface area contributed by atoms with Gasteiger partial charge in [-0.15, -0.1) is 11.3 Å². The fourth-order valence-electron chi connectivity index (χ4n) is 4.58. The molecule has 5 rings (SSSR count). The summed E-state index contributed by atoms with van der Waals surface area (Å²) in [5, 5.41) is 0. The van der Waals surface area contributed by atoms with Crippen molar-refractivity contribution in [3.8, 4) is 10.6 Å². The zero-order valence-corrected chi connectivity index (χ0v) is 20.4. The minimum Gasteiger partial charge on any atom is -0.371 e. The summed E-state index contributed by atoms with van der Waals surface area (Å²) in [6.45, 7) is 3.18. The summed E-state index contributed by atoms with van der Waals surface area (Å²) in [7, 11) is -3.59. The van der Waals surface area contributed by atoms with Gasteiger partial charge in [0.2, 0.25) is 5.91 Å². The van der Waals surface area contributed by atoms with E-state index in [1.165, 1.54) is 15.6 Å². The molecule has 0 aromatic carbocycles. The van der Waals surface area contributed by atoms with Crippen molar-refractivity contribution in [3.63, 3.8) is 0 Å². The number of piperidine rings is 1. The van der Waals surface area contributed by atoms with E-state index in [1.54, 1.807) is 30.7 Å². The molecule has 0 N–H and O–H groups in total. The molecule has 2 fully saturated rings. The lowest BCUT2D eigenvalue weighted by Crippen LogP contribution is -2.52. The molecule has 2 aliphatic rings. The van der Waals surface area contributed by atoms with Gasteiger partial charge in [-0.3, -0.25) is 14.8 Å². The van der Waals surface area contributed by atoms with Crippen LogP contribution in [0.5, 0.6) is 0 Å². The van der Waals surface area contributed by atoms with E-state index in [0.29, 0.717) is 30.4 Å². The van der Waals surface area contributed by atoms with Crippen LogP contribution in [0, 0.1) is 5.92 Å². The van der Waals surface area contributed by atoms with E-state index in [0.717, 1.165) is 42.2 Å². The highest BCUT2D eigenvalue weighted by atomic mass is 32.2. The molecule has 0 saturated carbocycles. The van der Waals surface area contributed by atoms with Crippen molar-refractivity contribution in [1.29, 1.82) is 0 Å². The second-order valence-corrected chi connectivity index (χ2v) is 11.8. The number of carbonyl (C=O) groups excluding carboxylic acids is 1. The molecule has 0 radical (unpaired) electrons. The summed E-state index contributed by atoms with van der Waals surface area (Å²) in [6.07, 6.45) is 6.89. The number of rotatable bonds is 5. The Hall–Kier alpha value is -2.82. The van der Waals surface area contributed by atoms with Crippen LogP contribution < -0.4 is 4.90 Å². The van der Waals surface area contributed by atoms with E-state index < -0.39 is 10.0 Å². The van der Waals surface area contributed by atoms with Gasteiger partial charge < -0.3 is 9.80 Å². The van der Waals surface area contributed by atoms with Crippen molar-refractivity contribution in [2.24, 2.45) is 5.92 Å². The first-order valence-corrected chi connectivity index (χ1v) is 13.7. The molecule has 3 aromatic heterocycles. The molecule has 2 saturated heterocycles. The molecule has 8 nitrogen and oxygen atoms in total.